The molecule has 0 saturated carbocycles. The van der Waals surface area contributed by atoms with Crippen LogP contribution in [-0.2, 0) is 11.3 Å². The highest BCUT2D eigenvalue weighted by Gasteiger charge is 2.11. The van der Waals surface area contributed by atoms with Crippen LogP contribution >= 0.6 is 15.9 Å². The second-order valence-corrected chi connectivity index (χ2v) is 3.99. The Bertz CT molecular complexity index is 506. The quantitative estimate of drug-likeness (QED) is 0.668. The van der Waals surface area contributed by atoms with E-state index in [1.807, 2.05) is 4.98 Å². The molecule has 0 bridgehead atoms. The highest BCUT2D eigenvalue weighted by Crippen LogP contribution is 2.00. The highest BCUT2D eigenvalue weighted by molar-refractivity contribution is 9.10. The van der Waals surface area contributed by atoms with Gasteiger partial charge in [0.25, 0.3) is 5.56 Å². The molecule has 1 aromatic rings. The molecule has 0 aromatic carbocycles. The minimum atomic E-state index is -1.19. The molecule has 1 heterocycles. The summed E-state index contributed by atoms with van der Waals surface area (Å²) in [4.78, 5) is 34.5. The fraction of sp³-hybridized carbons (Fsp3) is 0.375. The van der Waals surface area contributed by atoms with E-state index in [9.17, 15) is 19.5 Å². The lowest BCUT2D eigenvalue weighted by Crippen LogP contribution is -2.33. The minimum absolute atomic E-state index is 0.134. The van der Waals surface area contributed by atoms with Gasteiger partial charge in [-0.15, -0.1) is 0 Å². The van der Waals surface area contributed by atoms with Crippen LogP contribution in [0.15, 0.2) is 20.3 Å². The van der Waals surface area contributed by atoms with Gasteiger partial charge in [-0.05, 0) is 15.9 Å². The number of carboxylic acid groups (broad SMARTS) is 1. The van der Waals surface area contributed by atoms with Crippen LogP contribution in [0, 0.1) is 0 Å². The molecule has 0 amide bonds. The minimum Gasteiger partial charge on any atom is -0.481 e. The van der Waals surface area contributed by atoms with Gasteiger partial charge in [0.2, 0.25) is 0 Å². The van der Waals surface area contributed by atoms with Gasteiger partial charge in [-0.3, -0.25) is 19.1 Å². The van der Waals surface area contributed by atoms with Crippen LogP contribution in [0.3, 0.4) is 0 Å². The van der Waals surface area contributed by atoms with Gasteiger partial charge in [0.05, 0.1) is 23.5 Å². The number of halogens is 1. The molecular weight excluding hydrogens is 284 g/mol. The second kappa shape index (κ2) is 5.08. The lowest BCUT2D eigenvalue weighted by atomic mass is 10.2. The van der Waals surface area contributed by atoms with E-state index in [0.29, 0.717) is 0 Å². The first kappa shape index (κ1) is 12.7. The maximum atomic E-state index is 11.2. The predicted octanol–water partition coefficient (Wildman–Crippen LogP) is -0.865. The van der Waals surface area contributed by atoms with Gasteiger partial charge in [0, 0.05) is 6.20 Å². The molecular formula is C8H9BrN2O5. The van der Waals surface area contributed by atoms with Crippen molar-refractivity contribution in [2.45, 2.75) is 19.1 Å². The molecule has 1 rings (SSSR count). The summed E-state index contributed by atoms with van der Waals surface area (Å²) in [5, 5.41) is 17.7. The number of H-pyrrole nitrogens is 1. The largest absolute Gasteiger partial charge is 0.481 e. The molecule has 1 unspecified atom stereocenters. The molecule has 0 radical (unpaired) electrons. The average Bonchev–Trinajstić information content (AvgIpc) is 2.12. The molecule has 0 fully saturated rings. The van der Waals surface area contributed by atoms with Gasteiger partial charge < -0.3 is 10.2 Å². The Labute approximate surface area is 97.5 Å². The summed E-state index contributed by atoms with van der Waals surface area (Å²) in [7, 11) is 0. The number of carboxylic acids is 1. The molecule has 1 aromatic heterocycles. The summed E-state index contributed by atoms with van der Waals surface area (Å²) >= 11 is 2.92. The van der Waals surface area contributed by atoms with E-state index in [2.05, 4.69) is 15.9 Å². The first-order valence-electron chi connectivity index (χ1n) is 4.29. The van der Waals surface area contributed by atoms with Crippen molar-refractivity contribution >= 4 is 21.9 Å². The van der Waals surface area contributed by atoms with Crippen molar-refractivity contribution < 1.29 is 15.0 Å². The number of aromatic nitrogens is 2. The van der Waals surface area contributed by atoms with Crippen molar-refractivity contribution in [2.75, 3.05) is 0 Å². The first-order chi connectivity index (χ1) is 7.40. The molecule has 0 saturated heterocycles. The molecule has 88 valence electrons. The van der Waals surface area contributed by atoms with Crippen LogP contribution in [0.2, 0.25) is 0 Å². The van der Waals surface area contributed by atoms with Crippen LogP contribution in [0.25, 0.3) is 0 Å². The summed E-state index contributed by atoms with van der Waals surface area (Å²) in [6, 6.07) is 0. The van der Waals surface area contributed by atoms with E-state index in [1.54, 1.807) is 0 Å². The number of hydrogen-bond donors (Lipinski definition) is 3. The van der Waals surface area contributed by atoms with Gasteiger partial charge in [0.1, 0.15) is 0 Å². The Morgan fingerprint density at radius 1 is 1.56 bits per heavy atom. The normalized spacial score (nSPS) is 12.4. The molecule has 0 spiro atoms. The van der Waals surface area contributed by atoms with Crippen LogP contribution in [0.4, 0.5) is 0 Å². The Balaban J connectivity index is 2.90. The third-order valence-electron chi connectivity index (χ3n) is 1.79. The van der Waals surface area contributed by atoms with Crippen molar-refractivity contribution in [3.63, 3.8) is 0 Å². The van der Waals surface area contributed by atoms with Crippen LogP contribution in [0.5, 0.6) is 0 Å². The van der Waals surface area contributed by atoms with Crippen molar-refractivity contribution in [1.82, 2.24) is 9.55 Å². The third kappa shape index (κ3) is 3.31. The lowest BCUT2D eigenvalue weighted by Gasteiger charge is -2.09. The molecule has 3 N–H and O–H groups in total. The van der Waals surface area contributed by atoms with Crippen molar-refractivity contribution in [3.05, 3.63) is 31.5 Å². The van der Waals surface area contributed by atoms with E-state index in [-0.39, 0.29) is 11.0 Å². The van der Waals surface area contributed by atoms with E-state index in [0.717, 1.165) is 4.57 Å². The zero-order valence-corrected chi connectivity index (χ0v) is 9.60. The summed E-state index contributed by atoms with van der Waals surface area (Å²) in [5.41, 5.74) is -1.27. The van der Waals surface area contributed by atoms with E-state index >= 15 is 0 Å². The summed E-state index contributed by atoms with van der Waals surface area (Å²) in [5.74, 6) is -1.16. The molecule has 8 heteroatoms. The summed E-state index contributed by atoms with van der Waals surface area (Å²) in [6.07, 6.45) is -0.455. The van der Waals surface area contributed by atoms with E-state index in [1.165, 1.54) is 6.20 Å². The topological polar surface area (TPSA) is 112 Å². The summed E-state index contributed by atoms with van der Waals surface area (Å²) in [6.45, 7) is -0.194. The smallest absolute Gasteiger partial charge is 0.328 e. The molecule has 16 heavy (non-hydrogen) atoms. The van der Waals surface area contributed by atoms with Crippen molar-refractivity contribution in [2.24, 2.45) is 0 Å². The SMILES string of the molecule is O=C(O)CC(O)Cn1cc(Br)c(=O)[nH]c1=O. The van der Waals surface area contributed by atoms with Gasteiger partial charge in [-0.1, -0.05) is 0 Å². The Hall–Kier alpha value is -1.41. The van der Waals surface area contributed by atoms with Gasteiger partial charge >= 0.3 is 11.7 Å². The summed E-state index contributed by atoms with van der Waals surface area (Å²) < 4.78 is 1.16. The fourth-order valence-corrected chi connectivity index (χ4v) is 1.46. The number of hydrogen-bond acceptors (Lipinski definition) is 4. The number of nitrogens with zero attached hydrogens (tertiary/aromatic N) is 1. The van der Waals surface area contributed by atoms with E-state index in [4.69, 9.17) is 5.11 Å². The number of aliphatic hydroxyl groups excluding tert-OH is 1. The number of rotatable bonds is 4. The predicted molar refractivity (Wildman–Crippen MR) is 57.3 cm³/mol. The number of aliphatic carboxylic acids is 1. The zero-order chi connectivity index (χ0) is 12.3. The highest BCUT2D eigenvalue weighted by atomic mass is 79.9. The van der Waals surface area contributed by atoms with Crippen LogP contribution in [-0.4, -0.2) is 31.8 Å². The molecule has 0 aliphatic heterocycles. The Kier molecular flexibility index (Phi) is 4.02. The zero-order valence-electron chi connectivity index (χ0n) is 8.01. The molecule has 7 nitrogen and oxygen atoms in total. The Morgan fingerprint density at radius 2 is 2.19 bits per heavy atom. The average molecular weight is 293 g/mol. The second-order valence-electron chi connectivity index (χ2n) is 3.14. The van der Waals surface area contributed by atoms with Crippen molar-refractivity contribution in [3.8, 4) is 0 Å². The van der Waals surface area contributed by atoms with Crippen LogP contribution in [0.1, 0.15) is 6.42 Å². The third-order valence-corrected chi connectivity index (χ3v) is 2.35. The molecule has 0 aliphatic rings. The maximum absolute atomic E-state index is 11.2. The van der Waals surface area contributed by atoms with Gasteiger partial charge in [-0.2, -0.15) is 0 Å². The number of nitrogens with one attached hydrogen (secondary N) is 1. The Morgan fingerprint density at radius 3 is 2.75 bits per heavy atom. The van der Waals surface area contributed by atoms with Crippen molar-refractivity contribution in [1.29, 1.82) is 0 Å². The fourth-order valence-electron chi connectivity index (χ4n) is 1.11. The lowest BCUT2D eigenvalue weighted by molar-refractivity contribution is -0.139. The van der Waals surface area contributed by atoms with Gasteiger partial charge in [-0.25, -0.2) is 4.79 Å². The number of aliphatic hydroxyl groups is 1. The first-order valence-corrected chi connectivity index (χ1v) is 5.08. The molecule has 1 atom stereocenters. The van der Waals surface area contributed by atoms with Crippen LogP contribution < -0.4 is 11.2 Å². The van der Waals surface area contributed by atoms with E-state index < -0.39 is 29.7 Å². The maximum Gasteiger partial charge on any atom is 0.328 e. The number of aromatic amines is 1. The number of carbonyl (C=O) groups is 1. The van der Waals surface area contributed by atoms with Gasteiger partial charge in [0.15, 0.2) is 0 Å². The monoisotopic (exact) mass is 292 g/mol. The standard InChI is InChI=1S/C8H9BrN2O5/c9-5-3-11(8(16)10-7(5)15)2-4(12)1-6(13)14/h3-4,12H,1-2H2,(H,13,14)(H,10,15,16). The molecule has 0 aliphatic carbocycles.